The Bertz CT molecular complexity index is 1740. The molecule has 0 bridgehead atoms. The summed E-state index contributed by atoms with van der Waals surface area (Å²) in [5.41, 5.74) is 10.1. The fourth-order valence-electron chi connectivity index (χ4n) is 4.14. The van der Waals surface area contributed by atoms with Crippen molar-refractivity contribution in [3.63, 3.8) is 0 Å². The van der Waals surface area contributed by atoms with Crippen LogP contribution in [0.15, 0.2) is 60.0 Å². The molecule has 0 fully saturated rings. The van der Waals surface area contributed by atoms with Crippen molar-refractivity contribution in [1.82, 2.24) is 49.5 Å². The first kappa shape index (κ1) is 19.8. The van der Waals surface area contributed by atoms with Crippen LogP contribution in [-0.4, -0.2) is 49.5 Å². The van der Waals surface area contributed by atoms with Crippen molar-refractivity contribution in [3.05, 3.63) is 71.3 Å². The van der Waals surface area contributed by atoms with Crippen LogP contribution >= 0.6 is 0 Å². The molecule has 12 heteroatoms. The molecule has 0 spiro atoms. The summed E-state index contributed by atoms with van der Waals surface area (Å²) < 4.78 is 5.00. The number of aromatic amines is 1. The lowest BCUT2D eigenvalue weighted by Crippen LogP contribution is -2.13. The van der Waals surface area contributed by atoms with Crippen molar-refractivity contribution in [3.8, 4) is 16.9 Å². The van der Waals surface area contributed by atoms with Gasteiger partial charge in [0.1, 0.15) is 29.2 Å². The van der Waals surface area contributed by atoms with Crippen LogP contribution in [-0.2, 0) is 7.05 Å². The molecule has 3 N–H and O–H groups in total. The predicted molar refractivity (Wildman–Crippen MR) is 125 cm³/mol. The summed E-state index contributed by atoms with van der Waals surface area (Å²) in [7, 11) is 1.89. The fraction of sp³-hybridized carbons (Fsp3) is 0.136. The quantitative estimate of drug-likeness (QED) is 0.410. The number of fused-ring (bicyclic) bond motifs is 2. The Balaban J connectivity index is 1.52. The van der Waals surface area contributed by atoms with Gasteiger partial charge in [-0.05, 0) is 25.1 Å². The maximum absolute atomic E-state index is 12.2. The molecule has 6 aromatic rings. The first-order chi connectivity index (χ1) is 16.5. The van der Waals surface area contributed by atoms with Crippen molar-refractivity contribution >= 4 is 27.8 Å². The van der Waals surface area contributed by atoms with E-state index in [9.17, 15) is 4.79 Å². The number of benzene rings is 1. The van der Waals surface area contributed by atoms with Gasteiger partial charge in [0.15, 0.2) is 5.65 Å². The average molecular weight is 453 g/mol. The Kier molecular flexibility index (Phi) is 4.27. The smallest absolute Gasteiger partial charge is 0.273 e. The normalized spacial score (nSPS) is 12.5. The summed E-state index contributed by atoms with van der Waals surface area (Å²) in [6, 6.07) is 8.98. The van der Waals surface area contributed by atoms with Gasteiger partial charge in [-0.25, -0.2) is 19.3 Å². The summed E-state index contributed by atoms with van der Waals surface area (Å²) in [6.45, 7) is 1.93. The summed E-state index contributed by atoms with van der Waals surface area (Å²) in [5, 5.41) is 19.3. The molecule has 0 aliphatic rings. The minimum Gasteiger partial charge on any atom is -0.383 e. The molecule has 168 valence electrons. The molecule has 1 aromatic carbocycles. The van der Waals surface area contributed by atoms with Crippen LogP contribution in [0.3, 0.4) is 0 Å². The van der Waals surface area contributed by atoms with Gasteiger partial charge in [0.25, 0.3) is 5.56 Å². The van der Waals surface area contributed by atoms with Crippen molar-refractivity contribution < 1.29 is 0 Å². The SMILES string of the molecule is CC(c1cn(-c2ccc[nH]c2=O)nn1)n1nc(-c2cccc3c2cnn3C)c2c(N)ncnc21. The largest absolute Gasteiger partial charge is 0.383 e. The summed E-state index contributed by atoms with van der Waals surface area (Å²) in [4.78, 5) is 23.5. The average Bonchev–Trinajstić information content (AvgIpc) is 3.57. The number of nitrogens with one attached hydrogen (secondary N) is 1. The molecule has 0 radical (unpaired) electrons. The van der Waals surface area contributed by atoms with Crippen LogP contribution in [0.25, 0.3) is 38.9 Å². The third-order valence-corrected chi connectivity index (χ3v) is 5.92. The highest BCUT2D eigenvalue weighted by molar-refractivity contribution is 6.05. The molecule has 5 aromatic heterocycles. The van der Waals surface area contributed by atoms with Gasteiger partial charge in [-0.1, -0.05) is 17.3 Å². The Morgan fingerprint density at radius 3 is 2.88 bits per heavy atom. The van der Waals surface area contributed by atoms with Gasteiger partial charge in [0.05, 0.1) is 29.3 Å². The first-order valence-electron chi connectivity index (χ1n) is 10.5. The molecule has 5 heterocycles. The number of nitrogen functional groups attached to an aromatic ring is 1. The van der Waals surface area contributed by atoms with E-state index in [4.69, 9.17) is 10.8 Å². The fourth-order valence-corrected chi connectivity index (χ4v) is 4.14. The van der Waals surface area contributed by atoms with E-state index in [1.165, 1.54) is 11.0 Å². The van der Waals surface area contributed by atoms with E-state index in [2.05, 4.69) is 30.4 Å². The number of rotatable bonds is 4. The lowest BCUT2D eigenvalue weighted by atomic mass is 10.1. The number of H-pyrrole nitrogens is 1. The second kappa shape index (κ2) is 7.33. The van der Waals surface area contributed by atoms with Crippen molar-refractivity contribution in [2.75, 3.05) is 5.73 Å². The highest BCUT2D eigenvalue weighted by Gasteiger charge is 2.24. The van der Waals surface area contributed by atoms with E-state index < -0.39 is 0 Å². The third kappa shape index (κ3) is 2.88. The molecule has 34 heavy (non-hydrogen) atoms. The van der Waals surface area contributed by atoms with Gasteiger partial charge in [-0.3, -0.25) is 9.48 Å². The van der Waals surface area contributed by atoms with Crippen LogP contribution < -0.4 is 11.3 Å². The van der Waals surface area contributed by atoms with E-state index in [0.717, 1.165) is 16.5 Å². The molecular formula is C22H19N11O. The molecule has 6 rings (SSSR count). The highest BCUT2D eigenvalue weighted by atomic mass is 16.1. The zero-order valence-electron chi connectivity index (χ0n) is 18.3. The zero-order chi connectivity index (χ0) is 23.4. The summed E-state index contributed by atoms with van der Waals surface area (Å²) in [6.07, 6.45) is 6.49. The van der Waals surface area contributed by atoms with E-state index in [0.29, 0.717) is 33.9 Å². The molecular weight excluding hydrogens is 434 g/mol. The molecule has 1 atom stereocenters. The number of hydrogen-bond donors (Lipinski definition) is 2. The Morgan fingerprint density at radius 2 is 2.03 bits per heavy atom. The topological polar surface area (TPSA) is 151 Å². The number of aromatic nitrogens is 10. The molecule has 1 unspecified atom stereocenters. The molecule has 12 nitrogen and oxygen atoms in total. The Labute approximate surface area is 191 Å². The van der Waals surface area contributed by atoms with E-state index in [-0.39, 0.29) is 11.6 Å². The molecule has 0 amide bonds. The number of anilines is 1. The number of aryl methyl sites for hydroxylation is 1. The van der Waals surface area contributed by atoms with E-state index in [1.807, 2.05) is 43.0 Å². The lowest BCUT2D eigenvalue weighted by molar-refractivity contribution is 0.565. The number of pyridine rings is 1. The first-order valence-corrected chi connectivity index (χ1v) is 10.5. The third-order valence-electron chi connectivity index (χ3n) is 5.92. The van der Waals surface area contributed by atoms with Crippen LogP contribution in [0.1, 0.15) is 18.7 Å². The summed E-state index contributed by atoms with van der Waals surface area (Å²) >= 11 is 0. The standard InChI is InChI=1S/C22H19N11O/c1-12(15-10-32(30-28-15)17-7-4-8-24-22(17)34)33-21-18(20(23)25-11-26-21)19(29-33)13-5-3-6-16-14(13)9-27-31(16)2/h3-12H,1-2H3,(H,24,34)(H2,23,25,26). The number of nitrogens with zero attached hydrogens (tertiary/aromatic N) is 9. The van der Waals surface area contributed by atoms with Gasteiger partial charge in [0.2, 0.25) is 0 Å². The van der Waals surface area contributed by atoms with Gasteiger partial charge in [-0.15, -0.1) is 5.10 Å². The minimum absolute atomic E-state index is 0.261. The van der Waals surface area contributed by atoms with Gasteiger partial charge in [0, 0.05) is 24.2 Å². The number of nitrogens with two attached hydrogens (primary N) is 1. The lowest BCUT2D eigenvalue weighted by Gasteiger charge is -2.09. The van der Waals surface area contributed by atoms with Crippen molar-refractivity contribution in [2.45, 2.75) is 13.0 Å². The van der Waals surface area contributed by atoms with Crippen molar-refractivity contribution in [2.24, 2.45) is 7.05 Å². The molecule has 0 saturated heterocycles. The molecule has 0 aliphatic heterocycles. The van der Waals surface area contributed by atoms with Gasteiger partial charge < -0.3 is 10.7 Å². The second-order valence-corrected chi connectivity index (χ2v) is 7.91. The molecule has 0 aliphatic carbocycles. The van der Waals surface area contributed by atoms with Gasteiger partial charge in [-0.2, -0.15) is 10.2 Å². The van der Waals surface area contributed by atoms with Crippen LogP contribution in [0.2, 0.25) is 0 Å². The highest BCUT2D eigenvalue weighted by Crippen LogP contribution is 2.36. The Hall–Kier alpha value is -4.87. The van der Waals surface area contributed by atoms with E-state index >= 15 is 0 Å². The maximum Gasteiger partial charge on any atom is 0.273 e. The van der Waals surface area contributed by atoms with Crippen LogP contribution in [0.4, 0.5) is 5.82 Å². The minimum atomic E-state index is -0.352. The molecule has 0 saturated carbocycles. The van der Waals surface area contributed by atoms with Crippen molar-refractivity contribution in [1.29, 1.82) is 0 Å². The van der Waals surface area contributed by atoms with Gasteiger partial charge >= 0.3 is 0 Å². The van der Waals surface area contributed by atoms with Crippen LogP contribution in [0, 0.1) is 0 Å². The zero-order valence-corrected chi connectivity index (χ0v) is 18.3. The Morgan fingerprint density at radius 1 is 1.15 bits per heavy atom. The monoisotopic (exact) mass is 453 g/mol. The second-order valence-electron chi connectivity index (χ2n) is 7.91. The van der Waals surface area contributed by atoms with E-state index in [1.54, 1.807) is 29.2 Å². The maximum atomic E-state index is 12.2. The summed E-state index contributed by atoms with van der Waals surface area (Å²) in [5.74, 6) is 0.332. The predicted octanol–water partition coefficient (Wildman–Crippen LogP) is 1.84. The number of hydrogen-bond acceptors (Lipinski definition) is 8. The van der Waals surface area contributed by atoms with Crippen LogP contribution in [0.5, 0.6) is 0 Å².